The number of likely N-dealkylation sites (tertiary alicyclic amines) is 2. The number of nitrogens with zero attached hydrogens (tertiary/aromatic N) is 5. The number of nitrogens with one attached hydrogen (secondary N) is 1. The van der Waals surface area contributed by atoms with Crippen LogP contribution < -0.4 is 5.32 Å². The second-order valence-electron chi connectivity index (χ2n) is 8.59. The van der Waals surface area contributed by atoms with Gasteiger partial charge in [-0.3, -0.25) is 0 Å². The molecule has 0 bridgehead atoms. The molecule has 1 N–H and O–H groups in total. The average Bonchev–Trinajstić information content (AvgIpc) is 2.69. The summed E-state index contributed by atoms with van der Waals surface area (Å²) in [6.45, 7) is 6.79. The molecule has 4 heterocycles. The maximum atomic E-state index is 5.05. The first-order valence-electron chi connectivity index (χ1n) is 10.5. The lowest BCUT2D eigenvalue weighted by Crippen LogP contribution is -2.33. The minimum atomic E-state index is 0.509. The van der Waals surface area contributed by atoms with Crippen LogP contribution >= 0.6 is 0 Å². The molecule has 0 unspecified atom stereocenters. The van der Waals surface area contributed by atoms with Crippen molar-refractivity contribution < 1.29 is 0 Å². The topological polar surface area (TPSA) is 57.2 Å². The molecular formula is C20H34N6. The van der Waals surface area contributed by atoms with Gasteiger partial charge in [0.05, 0.1) is 0 Å². The summed E-state index contributed by atoms with van der Waals surface area (Å²) in [5.41, 5.74) is 0. The molecule has 1 aromatic rings. The van der Waals surface area contributed by atoms with Gasteiger partial charge >= 0.3 is 0 Å². The Kier molecular flexibility index (Phi) is 5.81. The van der Waals surface area contributed by atoms with E-state index in [1.54, 1.807) is 0 Å². The molecule has 1 aromatic heterocycles. The Morgan fingerprint density at radius 3 is 1.35 bits per heavy atom. The Hall–Kier alpha value is -1.11. The van der Waals surface area contributed by atoms with Gasteiger partial charge in [0.15, 0.2) is 0 Å². The number of rotatable bonds is 3. The van der Waals surface area contributed by atoms with Crippen molar-refractivity contribution in [3.05, 3.63) is 17.5 Å². The maximum absolute atomic E-state index is 5.05. The smallest absolute Gasteiger partial charge is 0.135 e. The van der Waals surface area contributed by atoms with Crippen molar-refractivity contribution in [3.63, 3.8) is 0 Å². The molecule has 0 amide bonds. The zero-order valence-corrected chi connectivity index (χ0v) is 16.5. The molecular weight excluding hydrogens is 324 g/mol. The average molecular weight is 359 g/mol. The summed E-state index contributed by atoms with van der Waals surface area (Å²) in [7, 11) is 4.43. The highest BCUT2D eigenvalue weighted by Crippen LogP contribution is 2.31. The van der Waals surface area contributed by atoms with Crippen molar-refractivity contribution in [1.82, 2.24) is 30.1 Å². The van der Waals surface area contributed by atoms with Crippen LogP contribution in [0.25, 0.3) is 0 Å². The lowest BCUT2D eigenvalue weighted by molar-refractivity contribution is 0.244. The van der Waals surface area contributed by atoms with Gasteiger partial charge in [0.1, 0.15) is 17.5 Å². The van der Waals surface area contributed by atoms with Gasteiger partial charge in [-0.2, -0.15) is 0 Å². The summed E-state index contributed by atoms with van der Waals surface area (Å²) in [6, 6.07) is 0. The molecule has 0 aromatic carbocycles. The van der Waals surface area contributed by atoms with E-state index in [2.05, 4.69) is 29.2 Å². The van der Waals surface area contributed by atoms with Crippen LogP contribution in [0.5, 0.6) is 0 Å². The first-order chi connectivity index (χ1) is 12.7. The maximum Gasteiger partial charge on any atom is 0.135 e. The predicted octanol–water partition coefficient (Wildman–Crippen LogP) is 1.96. The summed E-state index contributed by atoms with van der Waals surface area (Å²) in [5, 5.41) is 3.47. The third kappa shape index (κ3) is 4.24. The van der Waals surface area contributed by atoms with Crippen LogP contribution in [0.3, 0.4) is 0 Å². The van der Waals surface area contributed by atoms with E-state index >= 15 is 0 Å². The first-order valence-corrected chi connectivity index (χ1v) is 10.5. The van der Waals surface area contributed by atoms with Gasteiger partial charge in [-0.15, -0.1) is 0 Å². The Labute approximate surface area is 157 Å². The van der Waals surface area contributed by atoms with Crippen molar-refractivity contribution in [2.75, 3.05) is 53.4 Å². The van der Waals surface area contributed by atoms with Crippen LogP contribution in [-0.4, -0.2) is 78.1 Å². The van der Waals surface area contributed by atoms with Gasteiger partial charge in [-0.1, -0.05) is 0 Å². The van der Waals surface area contributed by atoms with Gasteiger partial charge in [-0.25, -0.2) is 15.0 Å². The fourth-order valence-electron chi connectivity index (χ4n) is 4.59. The molecule has 0 atom stereocenters. The molecule has 3 aliphatic rings. The minimum absolute atomic E-state index is 0.509. The molecule has 0 radical (unpaired) electrons. The molecule has 0 aliphatic carbocycles. The fraction of sp³-hybridized carbons (Fsp3) is 0.850. The summed E-state index contributed by atoms with van der Waals surface area (Å²) in [4.78, 5) is 20.0. The predicted molar refractivity (Wildman–Crippen MR) is 104 cm³/mol. The van der Waals surface area contributed by atoms with Crippen LogP contribution in [0.1, 0.15) is 73.8 Å². The monoisotopic (exact) mass is 358 g/mol. The van der Waals surface area contributed by atoms with E-state index in [1.165, 1.54) is 25.7 Å². The molecule has 4 rings (SSSR count). The standard InChI is InChI=1S/C20H34N6/c1-25-11-5-16(6-12-25)19-22-18(15-3-9-21-10-4-15)23-20(24-19)17-7-13-26(2)14-8-17/h15-17,21H,3-14H2,1-2H3. The SMILES string of the molecule is CN1CCC(c2nc(C3CCNCC3)nc(C3CCN(C)CC3)n2)CC1. The van der Waals surface area contributed by atoms with Gasteiger partial charge < -0.3 is 15.1 Å². The van der Waals surface area contributed by atoms with Crippen molar-refractivity contribution in [2.45, 2.75) is 56.3 Å². The van der Waals surface area contributed by atoms with E-state index in [4.69, 9.17) is 15.0 Å². The van der Waals surface area contributed by atoms with E-state index in [1.807, 2.05) is 0 Å². The van der Waals surface area contributed by atoms with Crippen molar-refractivity contribution in [3.8, 4) is 0 Å². The largest absolute Gasteiger partial charge is 0.317 e. The first kappa shape index (κ1) is 18.3. The van der Waals surface area contributed by atoms with Gasteiger partial charge in [0.25, 0.3) is 0 Å². The van der Waals surface area contributed by atoms with E-state index in [9.17, 15) is 0 Å². The van der Waals surface area contributed by atoms with Crippen molar-refractivity contribution in [2.24, 2.45) is 0 Å². The molecule has 0 spiro atoms. The molecule has 3 fully saturated rings. The third-order valence-corrected chi connectivity index (χ3v) is 6.56. The number of aromatic nitrogens is 3. The highest BCUT2D eigenvalue weighted by atomic mass is 15.1. The molecule has 26 heavy (non-hydrogen) atoms. The number of hydrogen-bond donors (Lipinski definition) is 1. The van der Waals surface area contributed by atoms with E-state index in [0.29, 0.717) is 17.8 Å². The van der Waals surface area contributed by atoms with Crippen molar-refractivity contribution >= 4 is 0 Å². The Morgan fingerprint density at radius 1 is 0.615 bits per heavy atom. The lowest BCUT2D eigenvalue weighted by Gasteiger charge is -2.31. The van der Waals surface area contributed by atoms with Gasteiger partial charge in [0.2, 0.25) is 0 Å². The Bertz CT molecular complexity index is 544. The lowest BCUT2D eigenvalue weighted by atomic mass is 9.93. The quantitative estimate of drug-likeness (QED) is 0.891. The molecule has 144 valence electrons. The molecule has 6 heteroatoms. The van der Waals surface area contributed by atoms with Crippen LogP contribution in [-0.2, 0) is 0 Å². The fourth-order valence-corrected chi connectivity index (χ4v) is 4.59. The third-order valence-electron chi connectivity index (χ3n) is 6.56. The Morgan fingerprint density at radius 2 is 0.962 bits per heavy atom. The van der Waals surface area contributed by atoms with Crippen molar-refractivity contribution in [1.29, 1.82) is 0 Å². The van der Waals surface area contributed by atoms with Crippen LogP contribution in [0, 0.1) is 0 Å². The molecule has 6 nitrogen and oxygen atoms in total. The summed E-state index contributed by atoms with van der Waals surface area (Å²) >= 11 is 0. The Balaban J connectivity index is 1.60. The van der Waals surface area contributed by atoms with Crippen LogP contribution in [0.4, 0.5) is 0 Å². The normalized spacial score (nSPS) is 25.6. The van der Waals surface area contributed by atoms with Crippen LogP contribution in [0.15, 0.2) is 0 Å². The van der Waals surface area contributed by atoms with E-state index in [0.717, 1.165) is 69.6 Å². The van der Waals surface area contributed by atoms with Gasteiger partial charge in [0, 0.05) is 17.8 Å². The second kappa shape index (κ2) is 8.28. The number of hydrogen-bond acceptors (Lipinski definition) is 6. The second-order valence-corrected chi connectivity index (χ2v) is 8.59. The summed E-state index contributed by atoms with van der Waals surface area (Å²) in [5.74, 6) is 4.81. The summed E-state index contributed by atoms with van der Waals surface area (Å²) in [6.07, 6.45) is 7.03. The zero-order valence-electron chi connectivity index (χ0n) is 16.5. The van der Waals surface area contributed by atoms with E-state index in [-0.39, 0.29) is 0 Å². The van der Waals surface area contributed by atoms with E-state index < -0.39 is 0 Å². The van der Waals surface area contributed by atoms with Gasteiger partial charge in [-0.05, 0) is 91.9 Å². The summed E-state index contributed by atoms with van der Waals surface area (Å²) < 4.78 is 0. The molecule has 3 saturated heterocycles. The zero-order chi connectivity index (χ0) is 17.9. The molecule has 0 saturated carbocycles. The molecule has 3 aliphatic heterocycles. The number of piperidine rings is 3. The minimum Gasteiger partial charge on any atom is -0.317 e. The highest BCUT2D eigenvalue weighted by molar-refractivity contribution is 5.11. The van der Waals surface area contributed by atoms with Crippen LogP contribution in [0.2, 0.25) is 0 Å². The highest BCUT2D eigenvalue weighted by Gasteiger charge is 2.28.